The largest absolute Gasteiger partial charge is 0.435 e. The van der Waals surface area contributed by atoms with Gasteiger partial charge in [-0.05, 0) is 54.8 Å². The van der Waals surface area contributed by atoms with Crippen molar-refractivity contribution < 1.29 is 23.0 Å². The molecule has 0 radical (unpaired) electrons. The summed E-state index contributed by atoms with van der Waals surface area (Å²) in [6, 6.07) is 11.7. The topological polar surface area (TPSA) is 75.2 Å². The van der Waals surface area contributed by atoms with Crippen LogP contribution < -0.4 is 15.4 Å². The number of halogens is 2. The highest BCUT2D eigenvalue weighted by Crippen LogP contribution is 2.23. The van der Waals surface area contributed by atoms with E-state index >= 15 is 0 Å². The number of carbonyl (C=O) groups is 1. The van der Waals surface area contributed by atoms with Crippen molar-refractivity contribution in [3.63, 3.8) is 0 Å². The van der Waals surface area contributed by atoms with Gasteiger partial charge in [-0.1, -0.05) is 51.1 Å². The number of anilines is 2. The van der Waals surface area contributed by atoms with Crippen molar-refractivity contribution in [1.29, 1.82) is 0 Å². The molecule has 3 rings (SSSR count). The second kappa shape index (κ2) is 15.4. The molecule has 1 aliphatic heterocycles. The Bertz CT molecular complexity index is 1080. The number of allylic oxidation sites excluding steroid dienone is 2. The molecule has 0 bridgehead atoms. The van der Waals surface area contributed by atoms with Crippen molar-refractivity contribution >= 4 is 29.2 Å². The van der Waals surface area contributed by atoms with Crippen molar-refractivity contribution in [1.82, 2.24) is 4.90 Å². The number of rotatable bonds is 8. The van der Waals surface area contributed by atoms with Gasteiger partial charge >= 0.3 is 12.6 Å². The molecule has 200 valence electrons. The standard InChI is InChI=1S/C25H28F2N4O3.C3H8/c1-4-19(20-6-9-22(10-7-20)34-24(26)27)16-28-18(3)29-21-8-5-17(2)23(15-21)30-25(32)31-11-13-33-14-12-31;1-3-2/h4-10,15-16,24,29H,3,11-14H2,1-2H3,(H,30,32);3H2,1-2H3/b19-4+,28-16-;. The maximum atomic E-state index is 12.5. The van der Waals surface area contributed by atoms with Crippen LogP contribution >= 0.6 is 0 Å². The number of nitrogens with one attached hydrogen (secondary N) is 2. The quantitative estimate of drug-likeness (QED) is 0.375. The molecule has 0 saturated carbocycles. The van der Waals surface area contributed by atoms with E-state index in [-0.39, 0.29) is 11.8 Å². The number of benzene rings is 2. The fourth-order valence-electron chi connectivity index (χ4n) is 3.29. The Labute approximate surface area is 217 Å². The summed E-state index contributed by atoms with van der Waals surface area (Å²) in [5, 5.41) is 6.06. The van der Waals surface area contributed by atoms with Crippen LogP contribution in [0.4, 0.5) is 25.0 Å². The molecule has 2 N–H and O–H groups in total. The number of hydrogen-bond acceptors (Lipinski definition) is 5. The van der Waals surface area contributed by atoms with Crippen LogP contribution in [0.5, 0.6) is 5.75 Å². The maximum absolute atomic E-state index is 12.5. The lowest BCUT2D eigenvalue weighted by Crippen LogP contribution is -2.43. The molecule has 2 aromatic carbocycles. The second-order valence-electron chi connectivity index (χ2n) is 8.24. The minimum atomic E-state index is -2.86. The molecular weight excluding hydrogens is 478 g/mol. The van der Waals surface area contributed by atoms with E-state index in [4.69, 9.17) is 4.74 Å². The third-order valence-electron chi connectivity index (χ3n) is 5.15. The Morgan fingerprint density at radius 2 is 1.81 bits per heavy atom. The first-order chi connectivity index (χ1) is 17.8. The second-order valence-corrected chi connectivity index (χ2v) is 8.24. The molecule has 0 atom stereocenters. The van der Waals surface area contributed by atoms with E-state index in [1.165, 1.54) is 18.6 Å². The van der Waals surface area contributed by atoms with Gasteiger partial charge in [0.15, 0.2) is 0 Å². The lowest BCUT2D eigenvalue weighted by Gasteiger charge is -2.27. The summed E-state index contributed by atoms with van der Waals surface area (Å²) in [5.74, 6) is 0.486. The summed E-state index contributed by atoms with van der Waals surface area (Å²) in [5.41, 5.74) is 3.92. The maximum Gasteiger partial charge on any atom is 0.387 e. The van der Waals surface area contributed by atoms with E-state index in [0.717, 1.165) is 22.4 Å². The molecule has 7 nitrogen and oxygen atoms in total. The minimum absolute atomic E-state index is 0.0908. The number of ether oxygens (including phenoxy) is 2. The molecule has 9 heteroatoms. The van der Waals surface area contributed by atoms with Crippen LogP contribution in [0.3, 0.4) is 0 Å². The zero-order valence-corrected chi connectivity index (χ0v) is 21.9. The fraction of sp³-hybridized carbons (Fsp3) is 0.357. The average molecular weight is 515 g/mol. The Morgan fingerprint density at radius 3 is 2.41 bits per heavy atom. The van der Waals surface area contributed by atoms with Gasteiger partial charge in [0.25, 0.3) is 0 Å². The molecule has 0 spiro atoms. The Kier molecular flexibility index (Phi) is 12.3. The Balaban J connectivity index is 0.00000153. The number of alkyl halides is 2. The molecule has 1 saturated heterocycles. The Morgan fingerprint density at radius 1 is 1.16 bits per heavy atom. The molecule has 1 heterocycles. The van der Waals surface area contributed by atoms with Crippen LogP contribution in [0.15, 0.2) is 65.9 Å². The number of aryl methyl sites for hydroxylation is 1. The van der Waals surface area contributed by atoms with Crippen LogP contribution in [-0.2, 0) is 4.74 Å². The van der Waals surface area contributed by atoms with Crippen molar-refractivity contribution in [3.8, 4) is 5.75 Å². The predicted octanol–water partition coefficient (Wildman–Crippen LogP) is 6.93. The first kappa shape index (κ1) is 29.5. The summed E-state index contributed by atoms with van der Waals surface area (Å²) in [7, 11) is 0. The van der Waals surface area contributed by atoms with Gasteiger partial charge in [0.1, 0.15) is 11.6 Å². The molecule has 1 fully saturated rings. The van der Waals surface area contributed by atoms with Crippen LogP contribution in [0, 0.1) is 6.92 Å². The van der Waals surface area contributed by atoms with E-state index in [1.807, 2.05) is 38.1 Å². The number of carbonyl (C=O) groups excluding carboxylic acids is 1. The molecule has 0 aromatic heterocycles. The summed E-state index contributed by atoms with van der Waals surface area (Å²) in [6.45, 7) is 11.3. The first-order valence-electron chi connectivity index (χ1n) is 12.2. The third kappa shape index (κ3) is 10.0. The van der Waals surface area contributed by atoms with Crippen LogP contribution in [0.2, 0.25) is 0 Å². The fourth-order valence-corrected chi connectivity index (χ4v) is 3.29. The van der Waals surface area contributed by atoms with Crippen LogP contribution in [0.25, 0.3) is 5.57 Å². The van der Waals surface area contributed by atoms with E-state index in [9.17, 15) is 13.6 Å². The highest BCUT2D eigenvalue weighted by Gasteiger charge is 2.17. The van der Waals surface area contributed by atoms with E-state index < -0.39 is 6.61 Å². The number of nitrogens with zero attached hydrogens (tertiary/aromatic N) is 2. The van der Waals surface area contributed by atoms with Gasteiger partial charge < -0.3 is 25.0 Å². The van der Waals surface area contributed by atoms with Gasteiger partial charge in [-0.25, -0.2) is 9.79 Å². The number of amides is 2. The minimum Gasteiger partial charge on any atom is -0.435 e. The van der Waals surface area contributed by atoms with Gasteiger partial charge in [-0.2, -0.15) is 8.78 Å². The molecular formula is C28H36F2N4O3. The SMILES string of the molecule is C=C(/N=C\C(=C/C)c1ccc(OC(F)F)cc1)Nc1ccc(C)c(NC(=O)N2CCOCC2)c1.CCC. The van der Waals surface area contributed by atoms with E-state index in [0.29, 0.717) is 37.8 Å². The molecule has 2 aromatic rings. The molecule has 1 aliphatic rings. The molecule has 2 amide bonds. The zero-order chi connectivity index (χ0) is 27.2. The molecule has 37 heavy (non-hydrogen) atoms. The number of urea groups is 1. The monoisotopic (exact) mass is 514 g/mol. The Hall–Kier alpha value is -3.72. The van der Waals surface area contributed by atoms with E-state index in [2.05, 4.69) is 40.8 Å². The van der Waals surface area contributed by atoms with Gasteiger partial charge in [0.2, 0.25) is 0 Å². The van der Waals surface area contributed by atoms with Crippen molar-refractivity contribution in [3.05, 3.63) is 72.1 Å². The average Bonchev–Trinajstić information content (AvgIpc) is 2.88. The van der Waals surface area contributed by atoms with Gasteiger partial charge in [0, 0.05) is 30.7 Å². The molecule has 0 aliphatic carbocycles. The first-order valence-corrected chi connectivity index (χ1v) is 12.2. The lowest BCUT2D eigenvalue weighted by atomic mass is 10.1. The van der Waals surface area contributed by atoms with Crippen molar-refractivity contribution in [2.24, 2.45) is 4.99 Å². The van der Waals surface area contributed by atoms with Crippen molar-refractivity contribution in [2.45, 2.75) is 40.7 Å². The number of hydrogen-bond donors (Lipinski definition) is 2. The third-order valence-corrected chi connectivity index (χ3v) is 5.15. The smallest absolute Gasteiger partial charge is 0.387 e. The summed E-state index contributed by atoms with van der Waals surface area (Å²) < 4.78 is 34.3. The van der Waals surface area contributed by atoms with Gasteiger partial charge in [0.05, 0.1) is 13.2 Å². The lowest BCUT2D eigenvalue weighted by molar-refractivity contribution is -0.0498. The zero-order valence-electron chi connectivity index (χ0n) is 21.9. The normalized spacial score (nSPS) is 13.7. The van der Waals surface area contributed by atoms with Gasteiger partial charge in [-0.3, -0.25) is 0 Å². The van der Waals surface area contributed by atoms with Crippen molar-refractivity contribution in [2.75, 3.05) is 36.9 Å². The number of morpholine rings is 1. The van der Waals surface area contributed by atoms with Crippen LogP contribution in [-0.4, -0.2) is 50.1 Å². The summed E-state index contributed by atoms with van der Waals surface area (Å²) in [6.07, 6.45) is 4.73. The summed E-state index contributed by atoms with van der Waals surface area (Å²) >= 11 is 0. The number of aliphatic imine (C=N–C) groups is 1. The highest BCUT2D eigenvalue weighted by atomic mass is 19.3. The highest BCUT2D eigenvalue weighted by molar-refractivity contribution is 6.10. The van der Waals surface area contributed by atoms with Gasteiger partial charge in [-0.15, -0.1) is 0 Å². The predicted molar refractivity (Wildman–Crippen MR) is 147 cm³/mol. The van der Waals surface area contributed by atoms with E-state index in [1.54, 1.807) is 23.2 Å². The molecule has 0 unspecified atom stereocenters. The summed E-state index contributed by atoms with van der Waals surface area (Å²) in [4.78, 5) is 18.6. The van der Waals surface area contributed by atoms with Crippen LogP contribution in [0.1, 0.15) is 38.3 Å².